The van der Waals surface area contributed by atoms with Crippen LogP contribution in [0.4, 0.5) is 5.82 Å². The van der Waals surface area contributed by atoms with Crippen molar-refractivity contribution >= 4 is 17.6 Å². The molecule has 1 saturated heterocycles. The summed E-state index contributed by atoms with van der Waals surface area (Å²) in [5, 5.41) is 9.99. The molecule has 7 heteroatoms. The van der Waals surface area contributed by atoms with Crippen molar-refractivity contribution in [1.82, 2.24) is 15.0 Å². The van der Waals surface area contributed by atoms with Crippen molar-refractivity contribution in [2.24, 2.45) is 0 Å². The second-order valence-electron chi connectivity index (χ2n) is 5.22. The van der Waals surface area contributed by atoms with E-state index < -0.39 is 0 Å². The van der Waals surface area contributed by atoms with Crippen LogP contribution in [0.1, 0.15) is 18.4 Å². The van der Waals surface area contributed by atoms with E-state index in [0.717, 1.165) is 25.1 Å². The molecule has 1 aliphatic rings. The average molecular weight is 327 g/mol. The average Bonchev–Trinajstić information content (AvgIpc) is 2.62. The van der Waals surface area contributed by atoms with Gasteiger partial charge in [-0.2, -0.15) is 5.26 Å². The third kappa shape index (κ3) is 3.71. The van der Waals surface area contributed by atoms with Crippen LogP contribution in [-0.4, -0.2) is 40.4 Å². The molecular weight excluding hydrogens is 310 g/mol. The van der Waals surface area contributed by atoms with E-state index in [4.69, 9.17) is 4.74 Å². The molecule has 3 rings (SSSR count). The summed E-state index contributed by atoms with van der Waals surface area (Å²) in [6.07, 6.45) is 9.00. The SMILES string of the molecule is CSc1ncc(C#N)c(N2CCCC(Oc3cccnc3)C2)n1. The molecule has 1 aliphatic heterocycles. The summed E-state index contributed by atoms with van der Waals surface area (Å²) in [5.74, 6) is 1.47. The van der Waals surface area contributed by atoms with Gasteiger partial charge < -0.3 is 9.64 Å². The molecule has 0 aromatic carbocycles. The van der Waals surface area contributed by atoms with E-state index in [9.17, 15) is 5.26 Å². The van der Waals surface area contributed by atoms with E-state index in [1.807, 2.05) is 18.4 Å². The van der Waals surface area contributed by atoms with Crippen molar-refractivity contribution < 1.29 is 4.74 Å². The van der Waals surface area contributed by atoms with Gasteiger partial charge >= 0.3 is 0 Å². The van der Waals surface area contributed by atoms with Crippen molar-refractivity contribution in [2.45, 2.75) is 24.1 Å². The maximum atomic E-state index is 9.31. The normalized spacial score (nSPS) is 17.6. The number of ether oxygens (including phenoxy) is 1. The highest BCUT2D eigenvalue weighted by Gasteiger charge is 2.24. The fraction of sp³-hybridized carbons (Fsp3) is 0.375. The largest absolute Gasteiger partial charge is 0.487 e. The van der Waals surface area contributed by atoms with Gasteiger partial charge in [-0.1, -0.05) is 11.8 Å². The van der Waals surface area contributed by atoms with Gasteiger partial charge in [0, 0.05) is 12.7 Å². The van der Waals surface area contributed by atoms with Crippen LogP contribution in [0.15, 0.2) is 35.9 Å². The number of anilines is 1. The maximum absolute atomic E-state index is 9.31. The first-order valence-corrected chi connectivity index (χ1v) is 8.65. The van der Waals surface area contributed by atoms with Crippen LogP contribution in [0.2, 0.25) is 0 Å². The van der Waals surface area contributed by atoms with Crippen molar-refractivity contribution in [2.75, 3.05) is 24.2 Å². The van der Waals surface area contributed by atoms with Crippen molar-refractivity contribution in [3.63, 3.8) is 0 Å². The molecule has 0 saturated carbocycles. The van der Waals surface area contributed by atoms with Gasteiger partial charge in [-0.25, -0.2) is 9.97 Å². The molecule has 118 valence electrons. The molecule has 0 amide bonds. The van der Waals surface area contributed by atoms with Crippen molar-refractivity contribution in [1.29, 1.82) is 5.26 Å². The van der Waals surface area contributed by atoms with E-state index in [0.29, 0.717) is 23.1 Å². The molecule has 1 unspecified atom stereocenters. The molecule has 3 heterocycles. The van der Waals surface area contributed by atoms with Crippen LogP contribution >= 0.6 is 11.8 Å². The minimum Gasteiger partial charge on any atom is -0.487 e. The Balaban J connectivity index is 1.77. The van der Waals surface area contributed by atoms with Crippen molar-refractivity contribution in [3.05, 3.63) is 36.3 Å². The van der Waals surface area contributed by atoms with Gasteiger partial charge in [0.2, 0.25) is 0 Å². The minimum atomic E-state index is 0.0622. The highest BCUT2D eigenvalue weighted by Crippen LogP contribution is 2.25. The Morgan fingerprint density at radius 2 is 2.35 bits per heavy atom. The first kappa shape index (κ1) is 15.6. The molecule has 2 aromatic heterocycles. The van der Waals surface area contributed by atoms with Gasteiger partial charge in [0.05, 0.1) is 18.9 Å². The standard InChI is InChI=1S/C16H17N5OS/c1-23-16-19-9-12(8-17)15(20-16)21-7-3-5-14(11-21)22-13-4-2-6-18-10-13/h2,4,6,9-10,14H,3,5,7,11H2,1H3. The number of thioether (sulfide) groups is 1. The van der Waals surface area contributed by atoms with Gasteiger partial charge in [0.15, 0.2) is 11.0 Å². The van der Waals surface area contributed by atoms with Crippen LogP contribution in [0.25, 0.3) is 0 Å². The van der Waals surface area contributed by atoms with E-state index in [1.165, 1.54) is 11.8 Å². The molecule has 0 radical (unpaired) electrons. The van der Waals surface area contributed by atoms with Crippen LogP contribution in [0.5, 0.6) is 5.75 Å². The zero-order valence-electron chi connectivity index (χ0n) is 12.8. The fourth-order valence-corrected chi connectivity index (χ4v) is 2.95. The molecule has 6 nitrogen and oxygen atoms in total. The van der Waals surface area contributed by atoms with E-state index in [1.54, 1.807) is 18.6 Å². The van der Waals surface area contributed by atoms with E-state index in [2.05, 4.69) is 25.9 Å². The number of piperidine rings is 1. The number of nitrogens with zero attached hydrogens (tertiary/aromatic N) is 5. The van der Waals surface area contributed by atoms with Gasteiger partial charge in [-0.15, -0.1) is 0 Å². The summed E-state index contributed by atoms with van der Waals surface area (Å²) in [6.45, 7) is 1.57. The van der Waals surface area contributed by atoms with Gasteiger partial charge in [0.25, 0.3) is 0 Å². The lowest BCUT2D eigenvalue weighted by Gasteiger charge is -2.34. The Hall–Kier alpha value is -2.33. The second-order valence-corrected chi connectivity index (χ2v) is 6.00. The molecule has 0 bridgehead atoms. The smallest absolute Gasteiger partial charge is 0.189 e. The lowest BCUT2D eigenvalue weighted by Crippen LogP contribution is -2.42. The Morgan fingerprint density at radius 3 is 3.09 bits per heavy atom. The number of rotatable bonds is 4. The molecule has 1 fully saturated rings. The topological polar surface area (TPSA) is 74.9 Å². The highest BCUT2D eigenvalue weighted by molar-refractivity contribution is 7.98. The number of hydrogen-bond donors (Lipinski definition) is 0. The number of hydrogen-bond acceptors (Lipinski definition) is 7. The molecular formula is C16H17N5OS. The summed E-state index contributed by atoms with van der Waals surface area (Å²) in [7, 11) is 0. The molecule has 2 aromatic rings. The Bertz CT molecular complexity index is 703. The zero-order chi connectivity index (χ0) is 16.1. The van der Waals surface area contributed by atoms with Crippen molar-refractivity contribution in [3.8, 4) is 11.8 Å². The van der Waals surface area contributed by atoms with Gasteiger partial charge in [-0.05, 0) is 31.2 Å². The van der Waals surface area contributed by atoms with E-state index >= 15 is 0 Å². The molecule has 23 heavy (non-hydrogen) atoms. The number of pyridine rings is 1. The lowest BCUT2D eigenvalue weighted by atomic mass is 10.1. The quantitative estimate of drug-likeness (QED) is 0.631. The Kier molecular flexibility index (Phi) is 4.93. The summed E-state index contributed by atoms with van der Waals surface area (Å²) >= 11 is 1.47. The Labute approximate surface area is 139 Å². The van der Waals surface area contributed by atoms with Crippen LogP contribution in [0, 0.1) is 11.3 Å². The maximum Gasteiger partial charge on any atom is 0.189 e. The summed E-state index contributed by atoms with van der Waals surface area (Å²) < 4.78 is 6.00. The Morgan fingerprint density at radius 1 is 1.43 bits per heavy atom. The third-order valence-corrected chi connectivity index (χ3v) is 4.23. The van der Waals surface area contributed by atoms with Crippen LogP contribution < -0.4 is 9.64 Å². The third-order valence-electron chi connectivity index (χ3n) is 3.66. The monoisotopic (exact) mass is 327 g/mol. The summed E-state index contributed by atoms with van der Waals surface area (Å²) in [5.41, 5.74) is 0.504. The fourth-order valence-electron chi connectivity index (χ4n) is 2.61. The van der Waals surface area contributed by atoms with Crippen LogP contribution in [-0.2, 0) is 0 Å². The van der Waals surface area contributed by atoms with E-state index in [-0.39, 0.29) is 6.10 Å². The van der Waals surface area contributed by atoms with Gasteiger partial charge in [-0.3, -0.25) is 4.98 Å². The molecule has 0 spiro atoms. The minimum absolute atomic E-state index is 0.0622. The molecule has 0 aliphatic carbocycles. The lowest BCUT2D eigenvalue weighted by molar-refractivity contribution is 0.178. The summed E-state index contributed by atoms with van der Waals surface area (Å²) in [6, 6.07) is 5.95. The molecule has 0 N–H and O–H groups in total. The number of aromatic nitrogens is 3. The predicted molar refractivity (Wildman–Crippen MR) is 88.6 cm³/mol. The highest BCUT2D eigenvalue weighted by atomic mass is 32.2. The van der Waals surface area contributed by atoms with Gasteiger partial charge in [0.1, 0.15) is 23.5 Å². The first-order valence-electron chi connectivity index (χ1n) is 7.43. The number of nitriles is 1. The van der Waals surface area contributed by atoms with Crippen LogP contribution in [0.3, 0.4) is 0 Å². The predicted octanol–water partition coefficient (Wildman–Crippen LogP) is 2.51. The summed E-state index contributed by atoms with van der Waals surface area (Å²) in [4.78, 5) is 14.9. The first-order chi connectivity index (χ1) is 11.3. The molecule has 1 atom stereocenters. The second kappa shape index (κ2) is 7.29. The zero-order valence-corrected chi connectivity index (χ0v) is 13.7.